The first kappa shape index (κ1) is 18.8. The molecule has 126 valence electrons. The summed E-state index contributed by atoms with van der Waals surface area (Å²) in [5.74, 6) is 0.630. The summed E-state index contributed by atoms with van der Waals surface area (Å²) in [6.07, 6.45) is 0.354. The molecule has 0 aliphatic rings. The number of amides is 1. The lowest BCUT2D eigenvalue weighted by Crippen LogP contribution is -2.20. The maximum Gasteiger partial charge on any atom is 0.224 e. The van der Waals surface area contributed by atoms with Crippen LogP contribution in [0.5, 0.6) is 0 Å². The van der Waals surface area contributed by atoms with Crippen molar-refractivity contribution in [3.8, 4) is 0 Å². The molecule has 0 saturated heterocycles. The third-order valence-electron chi connectivity index (χ3n) is 3.27. The van der Waals surface area contributed by atoms with E-state index in [0.29, 0.717) is 28.1 Å². The Morgan fingerprint density at radius 2 is 2.00 bits per heavy atom. The van der Waals surface area contributed by atoms with Crippen molar-refractivity contribution in [1.29, 1.82) is 0 Å². The quantitative estimate of drug-likeness (QED) is 0.554. The van der Waals surface area contributed by atoms with Gasteiger partial charge in [0.2, 0.25) is 5.91 Å². The summed E-state index contributed by atoms with van der Waals surface area (Å²) < 4.78 is 0.817. The van der Waals surface area contributed by atoms with Crippen molar-refractivity contribution in [2.45, 2.75) is 12.2 Å². The van der Waals surface area contributed by atoms with Crippen LogP contribution in [-0.2, 0) is 17.0 Å². The number of amidine groups is 1. The van der Waals surface area contributed by atoms with Gasteiger partial charge in [0.1, 0.15) is 0 Å². The number of hydrogen-bond acceptors (Lipinski definition) is 3. The standard InChI is InChI=1S/C17H17BrClN3OS/c1-21-16(23)8-11-4-2-3-5-12(11)10-24-17(20)22-13-6-7-14(18)15(19)9-13/h2-7,9H,8,10H2,1H3,(H2,20,22)(H,21,23). The molecule has 0 aliphatic heterocycles. The molecule has 0 aromatic heterocycles. The highest BCUT2D eigenvalue weighted by molar-refractivity contribution is 9.10. The summed E-state index contributed by atoms with van der Waals surface area (Å²) in [5, 5.41) is 3.67. The van der Waals surface area contributed by atoms with E-state index in [-0.39, 0.29) is 5.91 Å². The minimum atomic E-state index is -0.0152. The Labute approximate surface area is 159 Å². The summed E-state index contributed by atoms with van der Waals surface area (Å²) in [5.41, 5.74) is 8.76. The Morgan fingerprint density at radius 3 is 2.67 bits per heavy atom. The summed E-state index contributed by atoms with van der Waals surface area (Å²) in [6.45, 7) is 0. The van der Waals surface area contributed by atoms with Gasteiger partial charge in [-0.15, -0.1) is 0 Å². The molecule has 0 saturated carbocycles. The SMILES string of the molecule is CNC(=O)Cc1ccccc1CSC(N)=Nc1ccc(Br)c(Cl)c1. The van der Waals surface area contributed by atoms with Crippen LogP contribution in [0.15, 0.2) is 51.9 Å². The van der Waals surface area contributed by atoms with Crippen LogP contribution in [-0.4, -0.2) is 18.1 Å². The average molecular weight is 427 g/mol. The number of nitrogens with one attached hydrogen (secondary N) is 1. The molecular formula is C17H17BrClN3OS. The molecule has 24 heavy (non-hydrogen) atoms. The Morgan fingerprint density at radius 1 is 1.29 bits per heavy atom. The predicted octanol–water partition coefficient (Wildman–Crippen LogP) is 4.27. The zero-order valence-electron chi connectivity index (χ0n) is 13.1. The molecule has 0 fully saturated rings. The third-order valence-corrected chi connectivity index (χ3v) is 5.34. The fourth-order valence-electron chi connectivity index (χ4n) is 2.00. The molecule has 3 N–H and O–H groups in total. The molecule has 0 heterocycles. The topological polar surface area (TPSA) is 67.5 Å². The number of carbonyl (C=O) groups is 1. The first-order valence-corrected chi connectivity index (χ1v) is 9.34. The van der Waals surface area contributed by atoms with Crippen LogP contribution in [0.1, 0.15) is 11.1 Å². The van der Waals surface area contributed by atoms with Crippen molar-refractivity contribution in [3.63, 3.8) is 0 Å². The van der Waals surface area contributed by atoms with Crippen LogP contribution in [0.2, 0.25) is 5.02 Å². The smallest absolute Gasteiger partial charge is 0.224 e. The van der Waals surface area contributed by atoms with Crippen molar-refractivity contribution in [2.24, 2.45) is 10.7 Å². The van der Waals surface area contributed by atoms with Gasteiger partial charge in [-0.05, 0) is 45.3 Å². The molecule has 0 spiro atoms. The highest BCUT2D eigenvalue weighted by Crippen LogP contribution is 2.27. The lowest BCUT2D eigenvalue weighted by atomic mass is 10.1. The highest BCUT2D eigenvalue weighted by atomic mass is 79.9. The molecule has 1 amide bonds. The third kappa shape index (κ3) is 5.54. The van der Waals surface area contributed by atoms with Gasteiger partial charge in [-0.3, -0.25) is 4.79 Å². The normalized spacial score (nSPS) is 11.4. The molecule has 0 unspecified atom stereocenters. The average Bonchev–Trinajstić information content (AvgIpc) is 2.57. The van der Waals surface area contributed by atoms with E-state index in [1.165, 1.54) is 11.8 Å². The van der Waals surface area contributed by atoms with Gasteiger partial charge in [0.05, 0.1) is 17.1 Å². The minimum Gasteiger partial charge on any atom is -0.378 e. The summed E-state index contributed by atoms with van der Waals surface area (Å²) >= 11 is 10.8. The highest BCUT2D eigenvalue weighted by Gasteiger charge is 2.07. The largest absolute Gasteiger partial charge is 0.378 e. The van der Waals surface area contributed by atoms with E-state index in [2.05, 4.69) is 26.2 Å². The Kier molecular flexibility index (Phi) is 7.15. The van der Waals surface area contributed by atoms with Crippen LogP contribution >= 0.6 is 39.3 Å². The van der Waals surface area contributed by atoms with Crippen LogP contribution in [0, 0.1) is 0 Å². The molecule has 0 radical (unpaired) electrons. The summed E-state index contributed by atoms with van der Waals surface area (Å²) in [7, 11) is 1.63. The van der Waals surface area contributed by atoms with Gasteiger partial charge < -0.3 is 11.1 Å². The van der Waals surface area contributed by atoms with Crippen molar-refractivity contribution in [1.82, 2.24) is 5.32 Å². The number of nitrogens with zero attached hydrogens (tertiary/aromatic N) is 1. The van der Waals surface area contributed by atoms with Crippen LogP contribution in [0.25, 0.3) is 0 Å². The van der Waals surface area contributed by atoms with Crippen LogP contribution < -0.4 is 11.1 Å². The van der Waals surface area contributed by atoms with Gasteiger partial charge in [0, 0.05) is 17.3 Å². The molecule has 2 aromatic rings. The Balaban J connectivity index is 2.06. The van der Waals surface area contributed by atoms with Gasteiger partial charge in [-0.25, -0.2) is 4.99 Å². The van der Waals surface area contributed by atoms with E-state index in [4.69, 9.17) is 17.3 Å². The van der Waals surface area contributed by atoms with Crippen molar-refractivity contribution >= 4 is 56.1 Å². The predicted molar refractivity (Wildman–Crippen MR) is 106 cm³/mol. The monoisotopic (exact) mass is 425 g/mol. The van der Waals surface area contributed by atoms with E-state index in [1.54, 1.807) is 13.1 Å². The van der Waals surface area contributed by atoms with Crippen LogP contribution in [0.4, 0.5) is 5.69 Å². The number of thioether (sulfide) groups is 1. The molecule has 0 atom stereocenters. The number of likely N-dealkylation sites (N-methyl/N-ethyl adjacent to an activating group) is 1. The Bertz CT molecular complexity index is 767. The lowest BCUT2D eigenvalue weighted by molar-refractivity contribution is -0.119. The fourth-order valence-corrected chi connectivity index (χ4v) is 3.17. The van der Waals surface area contributed by atoms with Gasteiger partial charge in [-0.1, -0.05) is 47.6 Å². The first-order valence-electron chi connectivity index (χ1n) is 7.19. The zero-order valence-corrected chi connectivity index (χ0v) is 16.2. The van der Waals surface area contributed by atoms with Crippen molar-refractivity contribution in [3.05, 3.63) is 63.1 Å². The fraction of sp³-hybridized carbons (Fsp3) is 0.176. The van der Waals surface area contributed by atoms with Gasteiger partial charge in [0.25, 0.3) is 0 Å². The molecule has 4 nitrogen and oxygen atoms in total. The first-order chi connectivity index (χ1) is 11.5. The van der Waals surface area contributed by atoms with Crippen molar-refractivity contribution < 1.29 is 4.79 Å². The second-order valence-corrected chi connectivity index (χ2v) is 7.21. The van der Waals surface area contributed by atoms with Gasteiger partial charge in [0.15, 0.2) is 5.17 Å². The van der Waals surface area contributed by atoms with E-state index in [0.717, 1.165) is 15.6 Å². The number of aliphatic imine (C=N–C) groups is 1. The molecule has 2 aromatic carbocycles. The van der Waals surface area contributed by atoms with Gasteiger partial charge in [-0.2, -0.15) is 0 Å². The Hall–Kier alpha value is -1.50. The van der Waals surface area contributed by atoms with Crippen LogP contribution in [0.3, 0.4) is 0 Å². The van der Waals surface area contributed by atoms with E-state index in [9.17, 15) is 4.79 Å². The number of nitrogens with two attached hydrogens (primary N) is 1. The maximum absolute atomic E-state index is 11.6. The number of rotatable bonds is 5. The maximum atomic E-state index is 11.6. The molecule has 0 bridgehead atoms. The van der Waals surface area contributed by atoms with E-state index in [1.807, 2.05) is 36.4 Å². The molecule has 7 heteroatoms. The van der Waals surface area contributed by atoms with E-state index < -0.39 is 0 Å². The van der Waals surface area contributed by atoms with Gasteiger partial charge >= 0.3 is 0 Å². The second kappa shape index (κ2) is 9.11. The minimum absolute atomic E-state index is 0.0152. The molecule has 2 rings (SSSR count). The number of halogens is 2. The number of carbonyl (C=O) groups excluding carboxylic acids is 1. The lowest BCUT2D eigenvalue weighted by Gasteiger charge is -2.08. The zero-order chi connectivity index (χ0) is 17.5. The van der Waals surface area contributed by atoms with E-state index >= 15 is 0 Å². The molecular weight excluding hydrogens is 410 g/mol. The summed E-state index contributed by atoms with van der Waals surface area (Å²) in [6, 6.07) is 13.2. The number of hydrogen-bond donors (Lipinski definition) is 2. The second-order valence-electron chi connectivity index (χ2n) is 4.96. The summed E-state index contributed by atoms with van der Waals surface area (Å²) in [4.78, 5) is 15.9. The molecule has 0 aliphatic carbocycles. The number of benzene rings is 2. The van der Waals surface area contributed by atoms with Crippen molar-refractivity contribution in [2.75, 3.05) is 7.05 Å².